The minimum Gasteiger partial charge on any atom is -0.264 e. The fourth-order valence-electron chi connectivity index (χ4n) is 0.703. The van der Waals surface area contributed by atoms with E-state index in [0.717, 1.165) is 0 Å². The molecule has 0 aliphatic heterocycles. The molecule has 0 heterocycles. The van der Waals surface area contributed by atoms with Crippen LogP contribution in [0.3, 0.4) is 0 Å². The molecule has 0 spiro atoms. The van der Waals surface area contributed by atoms with E-state index in [-0.39, 0.29) is 5.91 Å². The first-order chi connectivity index (χ1) is 5.24. The topological polar surface area (TPSA) is 56.7 Å². The minimum atomic E-state index is -0.207. The molecule has 58 valence electrons. The van der Waals surface area contributed by atoms with Gasteiger partial charge in [0.1, 0.15) is 0 Å². The first-order valence-corrected chi connectivity index (χ1v) is 3.45. The summed E-state index contributed by atoms with van der Waals surface area (Å²) in [4.78, 5) is 10.9. The fraction of sp³-hybridized carbons (Fsp3) is 0. The zero-order valence-electron chi connectivity index (χ0n) is 5.80. The molecule has 1 rings (SSSR count). The summed E-state index contributed by atoms with van der Waals surface area (Å²) >= 11 is 5.61. The Hall–Kier alpha value is -1.06. The van der Waals surface area contributed by atoms with Crippen molar-refractivity contribution in [3.63, 3.8) is 0 Å². The molecule has 4 heteroatoms. The SMILES string of the molecule is [NH3+]NC(=O)c1ccc(Cl)cc1. The molecule has 1 aromatic rings. The van der Waals surface area contributed by atoms with Gasteiger partial charge in [-0.1, -0.05) is 11.6 Å². The number of nitrogens with one attached hydrogen (secondary N) is 1. The largest absolute Gasteiger partial charge is 0.295 e. The van der Waals surface area contributed by atoms with E-state index in [1.807, 2.05) is 0 Å². The van der Waals surface area contributed by atoms with Gasteiger partial charge in [-0.15, -0.1) is 0 Å². The second-order valence-corrected chi connectivity index (χ2v) is 2.45. The van der Waals surface area contributed by atoms with Gasteiger partial charge in [0.2, 0.25) is 0 Å². The van der Waals surface area contributed by atoms with Crippen molar-refractivity contribution in [3.05, 3.63) is 34.9 Å². The fourth-order valence-corrected chi connectivity index (χ4v) is 0.829. The molecule has 1 amide bonds. The van der Waals surface area contributed by atoms with Gasteiger partial charge >= 0.3 is 0 Å². The average molecular weight is 172 g/mol. The number of rotatable bonds is 1. The van der Waals surface area contributed by atoms with Crippen molar-refractivity contribution < 1.29 is 10.6 Å². The zero-order chi connectivity index (χ0) is 8.27. The molecule has 11 heavy (non-hydrogen) atoms. The van der Waals surface area contributed by atoms with Crippen LogP contribution in [0.15, 0.2) is 24.3 Å². The Morgan fingerprint density at radius 2 is 1.91 bits per heavy atom. The van der Waals surface area contributed by atoms with E-state index in [4.69, 9.17) is 11.6 Å². The number of carbonyl (C=O) groups excluding carboxylic acids is 1. The van der Waals surface area contributed by atoms with Crippen LogP contribution in [0.25, 0.3) is 0 Å². The molecular weight excluding hydrogens is 164 g/mol. The molecule has 0 fully saturated rings. The molecule has 0 radical (unpaired) electrons. The maximum atomic E-state index is 10.9. The molecule has 0 aromatic heterocycles. The maximum absolute atomic E-state index is 10.9. The third kappa shape index (κ3) is 1.93. The summed E-state index contributed by atoms with van der Waals surface area (Å²) in [6.07, 6.45) is 0. The lowest BCUT2D eigenvalue weighted by Gasteiger charge is -1.95. The Kier molecular flexibility index (Phi) is 2.46. The molecule has 0 aliphatic rings. The number of hydrogen-bond donors (Lipinski definition) is 2. The lowest BCUT2D eigenvalue weighted by Crippen LogP contribution is -2.67. The Morgan fingerprint density at radius 3 is 2.36 bits per heavy atom. The Bertz CT molecular complexity index is 258. The van der Waals surface area contributed by atoms with Crippen LogP contribution < -0.4 is 11.3 Å². The van der Waals surface area contributed by atoms with E-state index < -0.39 is 0 Å². The molecule has 0 bridgehead atoms. The third-order valence-corrected chi connectivity index (χ3v) is 1.52. The summed E-state index contributed by atoms with van der Waals surface area (Å²) in [6.45, 7) is 0. The van der Waals surface area contributed by atoms with Crippen LogP contribution in [0.1, 0.15) is 10.4 Å². The highest BCUT2D eigenvalue weighted by Gasteiger charge is 2.02. The van der Waals surface area contributed by atoms with Gasteiger partial charge in [-0.2, -0.15) is 0 Å². The number of amides is 1. The second kappa shape index (κ2) is 3.37. The van der Waals surface area contributed by atoms with Gasteiger partial charge in [0, 0.05) is 10.6 Å². The molecule has 3 nitrogen and oxygen atoms in total. The van der Waals surface area contributed by atoms with Crippen LogP contribution in [0.5, 0.6) is 0 Å². The van der Waals surface area contributed by atoms with E-state index >= 15 is 0 Å². The van der Waals surface area contributed by atoms with Crippen molar-refractivity contribution in [3.8, 4) is 0 Å². The van der Waals surface area contributed by atoms with E-state index in [1.165, 1.54) is 0 Å². The molecule has 1 aromatic carbocycles. The van der Waals surface area contributed by atoms with E-state index in [9.17, 15) is 4.79 Å². The molecule has 0 atom stereocenters. The van der Waals surface area contributed by atoms with Gasteiger partial charge in [-0.3, -0.25) is 10.6 Å². The second-order valence-electron chi connectivity index (χ2n) is 2.01. The van der Waals surface area contributed by atoms with Gasteiger partial charge in [0.25, 0.3) is 5.91 Å². The first kappa shape index (κ1) is 8.04. The highest BCUT2D eigenvalue weighted by Crippen LogP contribution is 2.08. The number of halogens is 1. The Balaban J connectivity index is 2.90. The summed E-state index contributed by atoms with van der Waals surface area (Å²) in [5.41, 5.74) is 2.83. The normalized spacial score (nSPS) is 9.27. The van der Waals surface area contributed by atoms with E-state index in [0.29, 0.717) is 10.6 Å². The molecule has 0 saturated heterocycles. The minimum absolute atomic E-state index is 0.207. The number of quaternary nitrogens is 1. The van der Waals surface area contributed by atoms with Crippen LogP contribution in [-0.2, 0) is 0 Å². The van der Waals surface area contributed by atoms with Gasteiger partial charge in [-0.25, -0.2) is 5.43 Å². The van der Waals surface area contributed by atoms with Crippen LogP contribution in [0.2, 0.25) is 5.02 Å². The van der Waals surface area contributed by atoms with E-state index in [2.05, 4.69) is 11.3 Å². The number of hydrogen-bond acceptors (Lipinski definition) is 1. The number of carbonyl (C=O) groups is 1. The standard InChI is InChI=1S/C7H7ClN2O/c8-6-3-1-5(2-4-6)7(11)10-9/h1-4H,9H2,(H,10,11)/p+1. The third-order valence-electron chi connectivity index (χ3n) is 1.27. The quantitative estimate of drug-likeness (QED) is 0.584. The van der Waals surface area contributed by atoms with Crippen molar-refractivity contribution in [1.82, 2.24) is 5.43 Å². The molecule has 0 aliphatic carbocycles. The zero-order valence-corrected chi connectivity index (χ0v) is 6.56. The average Bonchev–Trinajstić information content (AvgIpc) is 2.05. The van der Waals surface area contributed by atoms with Crippen LogP contribution in [0.4, 0.5) is 0 Å². The molecular formula is C7H8ClN2O+. The summed E-state index contributed by atoms with van der Waals surface area (Å²) in [5.74, 6) is 3.05. The summed E-state index contributed by atoms with van der Waals surface area (Å²) in [5, 5.41) is 0.616. The van der Waals surface area contributed by atoms with Gasteiger partial charge in [0.05, 0.1) is 0 Å². The van der Waals surface area contributed by atoms with Gasteiger partial charge in [0.15, 0.2) is 0 Å². The van der Waals surface area contributed by atoms with Crippen molar-refractivity contribution in [2.75, 3.05) is 0 Å². The van der Waals surface area contributed by atoms with E-state index in [1.54, 1.807) is 24.3 Å². The van der Waals surface area contributed by atoms with Crippen molar-refractivity contribution >= 4 is 17.5 Å². The Morgan fingerprint density at radius 1 is 1.36 bits per heavy atom. The lowest BCUT2D eigenvalue weighted by atomic mass is 10.2. The van der Waals surface area contributed by atoms with Crippen LogP contribution in [0, 0.1) is 0 Å². The predicted octanol–water partition coefficient (Wildman–Crippen LogP) is 0.227. The van der Waals surface area contributed by atoms with Crippen molar-refractivity contribution in [2.24, 2.45) is 0 Å². The van der Waals surface area contributed by atoms with Crippen LogP contribution >= 0.6 is 11.6 Å². The lowest BCUT2D eigenvalue weighted by molar-refractivity contribution is -0.422. The molecule has 0 unspecified atom stereocenters. The van der Waals surface area contributed by atoms with Gasteiger partial charge in [-0.05, 0) is 24.3 Å². The van der Waals surface area contributed by atoms with Crippen molar-refractivity contribution in [2.45, 2.75) is 0 Å². The highest BCUT2D eigenvalue weighted by atomic mass is 35.5. The van der Waals surface area contributed by atoms with Crippen LogP contribution in [-0.4, -0.2) is 5.91 Å². The Labute approximate surface area is 69.1 Å². The highest BCUT2D eigenvalue weighted by molar-refractivity contribution is 6.30. The summed E-state index contributed by atoms with van der Waals surface area (Å²) in [7, 11) is 0. The first-order valence-electron chi connectivity index (χ1n) is 3.07. The monoisotopic (exact) mass is 171 g/mol. The summed E-state index contributed by atoms with van der Waals surface area (Å²) in [6, 6.07) is 6.60. The predicted molar refractivity (Wildman–Crippen MR) is 41.8 cm³/mol. The van der Waals surface area contributed by atoms with Crippen molar-refractivity contribution in [1.29, 1.82) is 0 Å². The summed E-state index contributed by atoms with van der Waals surface area (Å²) < 4.78 is 0. The molecule has 4 N–H and O–H groups in total. The van der Waals surface area contributed by atoms with Gasteiger partial charge < -0.3 is 0 Å². The maximum Gasteiger partial charge on any atom is 0.295 e. The smallest absolute Gasteiger partial charge is 0.264 e. The number of benzene rings is 1. The molecule has 0 saturated carbocycles.